The van der Waals surface area contributed by atoms with Crippen LogP contribution in [0.4, 0.5) is 0 Å². The maximum atomic E-state index is 5.59. The van der Waals surface area contributed by atoms with E-state index in [0.717, 1.165) is 69.3 Å². The third-order valence-electron chi connectivity index (χ3n) is 6.11. The molecule has 0 spiro atoms. The van der Waals surface area contributed by atoms with E-state index in [0.29, 0.717) is 6.54 Å². The SMILES string of the molecule is CCNC(=NCC(c1ccc(OC)c(OC)c1)N1CCOCC1)N1CCC(C)CC1.I. The summed E-state index contributed by atoms with van der Waals surface area (Å²) in [7, 11) is 3.35. The second kappa shape index (κ2) is 13.3. The van der Waals surface area contributed by atoms with Gasteiger partial charge in [-0.1, -0.05) is 13.0 Å². The Hall–Kier alpha value is -1.26. The first-order chi connectivity index (χ1) is 14.7. The zero-order valence-corrected chi connectivity index (χ0v) is 21.8. The molecule has 2 saturated heterocycles. The number of hydrogen-bond acceptors (Lipinski definition) is 5. The number of ether oxygens (including phenoxy) is 3. The molecule has 8 heteroatoms. The van der Waals surface area contributed by atoms with Gasteiger partial charge in [-0.3, -0.25) is 9.89 Å². The average Bonchev–Trinajstić information content (AvgIpc) is 2.79. The van der Waals surface area contributed by atoms with E-state index in [1.54, 1.807) is 14.2 Å². The molecule has 1 aromatic rings. The van der Waals surface area contributed by atoms with Gasteiger partial charge in [-0.25, -0.2) is 0 Å². The number of likely N-dealkylation sites (tertiary alicyclic amines) is 1. The van der Waals surface area contributed by atoms with Gasteiger partial charge >= 0.3 is 0 Å². The molecule has 0 radical (unpaired) electrons. The lowest BCUT2D eigenvalue weighted by Gasteiger charge is -2.36. The molecule has 2 aliphatic heterocycles. The standard InChI is InChI=1S/C23H38N4O3.HI/c1-5-24-23(27-10-8-18(2)9-11-27)25-17-20(26-12-14-30-15-13-26)19-6-7-21(28-3)22(16-19)29-4;/h6-7,16,18,20H,5,8-15,17H2,1-4H3,(H,24,25);1H. The van der Waals surface area contributed by atoms with Crippen molar-refractivity contribution in [2.24, 2.45) is 10.9 Å². The molecule has 0 bridgehead atoms. The lowest BCUT2D eigenvalue weighted by molar-refractivity contribution is 0.0179. The number of methoxy groups -OCH3 is 2. The van der Waals surface area contributed by atoms with Gasteiger partial charge in [-0.15, -0.1) is 24.0 Å². The number of halogens is 1. The van der Waals surface area contributed by atoms with Gasteiger partial charge in [0.1, 0.15) is 0 Å². The van der Waals surface area contributed by atoms with E-state index in [4.69, 9.17) is 19.2 Å². The Kier molecular flexibility index (Phi) is 11.2. The van der Waals surface area contributed by atoms with Crippen LogP contribution >= 0.6 is 24.0 Å². The molecule has 0 aromatic heterocycles. The first kappa shape index (κ1) is 26.0. The quantitative estimate of drug-likeness (QED) is 0.322. The fourth-order valence-corrected chi connectivity index (χ4v) is 4.20. The number of morpholine rings is 1. The summed E-state index contributed by atoms with van der Waals surface area (Å²) >= 11 is 0. The molecule has 2 aliphatic rings. The minimum Gasteiger partial charge on any atom is -0.493 e. The first-order valence-corrected chi connectivity index (χ1v) is 11.2. The van der Waals surface area contributed by atoms with Gasteiger partial charge < -0.3 is 24.4 Å². The maximum absolute atomic E-state index is 5.59. The highest BCUT2D eigenvalue weighted by Gasteiger charge is 2.25. The summed E-state index contributed by atoms with van der Waals surface area (Å²) < 4.78 is 16.6. The Morgan fingerprint density at radius 2 is 1.81 bits per heavy atom. The van der Waals surface area contributed by atoms with Gasteiger partial charge in [-0.2, -0.15) is 0 Å². The van der Waals surface area contributed by atoms with Crippen molar-refractivity contribution >= 4 is 29.9 Å². The Bertz CT molecular complexity index is 689. The van der Waals surface area contributed by atoms with Crippen molar-refractivity contribution in [3.63, 3.8) is 0 Å². The van der Waals surface area contributed by atoms with Crippen molar-refractivity contribution < 1.29 is 14.2 Å². The van der Waals surface area contributed by atoms with E-state index in [2.05, 4.69) is 41.1 Å². The van der Waals surface area contributed by atoms with Crippen LogP contribution in [0.1, 0.15) is 38.3 Å². The van der Waals surface area contributed by atoms with Crippen molar-refractivity contribution in [2.45, 2.75) is 32.7 Å². The van der Waals surface area contributed by atoms with Crippen LogP contribution in [0.3, 0.4) is 0 Å². The molecule has 1 N–H and O–H groups in total. The molecular weight excluding hydrogens is 507 g/mol. The molecule has 7 nitrogen and oxygen atoms in total. The van der Waals surface area contributed by atoms with Crippen LogP contribution in [0.2, 0.25) is 0 Å². The van der Waals surface area contributed by atoms with Crippen molar-refractivity contribution in [1.82, 2.24) is 15.1 Å². The van der Waals surface area contributed by atoms with Crippen LogP contribution in [-0.2, 0) is 4.74 Å². The number of guanidine groups is 1. The molecule has 3 rings (SSSR count). The number of piperidine rings is 1. The van der Waals surface area contributed by atoms with Crippen LogP contribution in [-0.4, -0.2) is 82.5 Å². The number of nitrogens with zero attached hydrogens (tertiary/aromatic N) is 3. The molecule has 1 unspecified atom stereocenters. The third-order valence-corrected chi connectivity index (χ3v) is 6.11. The average molecular weight is 546 g/mol. The van der Waals surface area contributed by atoms with Crippen molar-refractivity contribution in [2.75, 3.05) is 66.7 Å². The number of nitrogens with one attached hydrogen (secondary N) is 1. The Balaban J connectivity index is 0.00000341. The number of benzene rings is 1. The summed E-state index contributed by atoms with van der Waals surface area (Å²) in [6.07, 6.45) is 2.46. The summed E-state index contributed by atoms with van der Waals surface area (Å²) in [5.41, 5.74) is 1.20. The third kappa shape index (κ3) is 7.12. The van der Waals surface area contributed by atoms with E-state index >= 15 is 0 Å². The van der Waals surface area contributed by atoms with Gasteiger partial charge in [0, 0.05) is 32.7 Å². The fraction of sp³-hybridized carbons (Fsp3) is 0.696. The van der Waals surface area contributed by atoms with E-state index in [9.17, 15) is 0 Å². The predicted octanol–water partition coefficient (Wildman–Crippen LogP) is 3.39. The van der Waals surface area contributed by atoms with Gasteiger partial charge in [0.25, 0.3) is 0 Å². The molecule has 0 amide bonds. The molecule has 0 aliphatic carbocycles. The maximum Gasteiger partial charge on any atom is 0.193 e. The molecule has 1 aromatic carbocycles. The van der Waals surface area contributed by atoms with Crippen molar-refractivity contribution in [3.05, 3.63) is 23.8 Å². The summed E-state index contributed by atoms with van der Waals surface area (Å²) in [4.78, 5) is 9.97. The van der Waals surface area contributed by atoms with Crippen molar-refractivity contribution in [1.29, 1.82) is 0 Å². The normalized spacial score (nSPS) is 19.5. The summed E-state index contributed by atoms with van der Waals surface area (Å²) in [6.45, 7) is 11.5. The first-order valence-electron chi connectivity index (χ1n) is 11.2. The van der Waals surface area contributed by atoms with E-state index in [-0.39, 0.29) is 30.0 Å². The summed E-state index contributed by atoms with van der Waals surface area (Å²) in [5.74, 6) is 3.34. The van der Waals surface area contributed by atoms with Gasteiger partial charge in [0.05, 0.1) is 40.0 Å². The zero-order valence-electron chi connectivity index (χ0n) is 19.4. The molecule has 0 saturated carbocycles. The minimum absolute atomic E-state index is 0. The molecule has 2 fully saturated rings. The molecule has 176 valence electrons. The van der Waals surface area contributed by atoms with Crippen LogP contribution in [0.25, 0.3) is 0 Å². The molecule has 31 heavy (non-hydrogen) atoms. The van der Waals surface area contributed by atoms with Crippen LogP contribution < -0.4 is 14.8 Å². The molecule has 1 atom stereocenters. The van der Waals surface area contributed by atoms with Gasteiger partial charge in [0.15, 0.2) is 17.5 Å². The predicted molar refractivity (Wildman–Crippen MR) is 136 cm³/mol. The Labute approximate surface area is 204 Å². The minimum atomic E-state index is 0. The van der Waals surface area contributed by atoms with E-state index < -0.39 is 0 Å². The monoisotopic (exact) mass is 546 g/mol. The van der Waals surface area contributed by atoms with Gasteiger partial charge in [-0.05, 0) is 43.4 Å². The lowest BCUT2D eigenvalue weighted by Crippen LogP contribution is -2.46. The number of hydrogen-bond donors (Lipinski definition) is 1. The van der Waals surface area contributed by atoms with E-state index in [1.807, 2.05) is 6.07 Å². The number of rotatable bonds is 7. The van der Waals surface area contributed by atoms with Crippen molar-refractivity contribution in [3.8, 4) is 11.5 Å². The molecule has 2 heterocycles. The second-order valence-electron chi connectivity index (χ2n) is 8.14. The summed E-state index contributed by atoms with van der Waals surface area (Å²) in [5, 5.41) is 3.51. The topological polar surface area (TPSA) is 58.6 Å². The Morgan fingerprint density at radius 1 is 1.13 bits per heavy atom. The second-order valence-corrected chi connectivity index (χ2v) is 8.14. The number of aliphatic imine (C=N–C) groups is 1. The fourth-order valence-electron chi connectivity index (χ4n) is 4.20. The zero-order chi connectivity index (χ0) is 21.3. The highest BCUT2D eigenvalue weighted by atomic mass is 127. The Morgan fingerprint density at radius 3 is 2.42 bits per heavy atom. The van der Waals surface area contributed by atoms with Gasteiger partial charge in [0.2, 0.25) is 0 Å². The highest BCUT2D eigenvalue weighted by molar-refractivity contribution is 14.0. The van der Waals surface area contributed by atoms with Crippen LogP contribution in [0.5, 0.6) is 11.5 Å². The van der Waals surface area contributed by atoms with E-state index in [1.165, 1.54) is 18.4 Å². The molecular formula is C23H39IN4O3. The highest BCUT2D eigenvalue weighted by Crippen LogP contribution is 2.32. The largest absolute Gasteiger partial charge is 0.493 e. The van der Waals surface area contributed by atoms with Crippen LogP contribution in [0.15, 0.2) is 23.2 Å². The lowest BCUT2D eigenvalue weighted by atomic mass is 9.99. The van der Waals surface area contributed by atoms with Crippen LogP contribution in [0, 0.1) is 5.92 Å². The smallest absolute Gasteiger partial charge is 0.193 e. The summed E-state index contributed by atoms with van der Waals surface area (Å²) in [6, 6.07) is 6.38.